The van der Waals surface area contributed by atoms with Crippen molar-refractivity contribution in [1.82, 2.24) is 10.2 Å². The van der Waals surface area contributed by atoms with E-state index in [1.54, 1.807) is 0 Å². The number of nitrogens with one attached hydrogen (secondary N) is 1. The molecule has 1 aliphatic carbocycles. The SMILES string of the molecule is CCNC(=NCCCCSC)N1CCC2(CCCCC2)C1. The highest BCUT2D eigenvalue weighted by Gasteiger charge is 2.39. The van der Waals surface area contributed by atoms with Gasteiger partial charge in [-0.25, -0.2) is 0 Å². The summed E-state index contributed by atoms with van der Waals surface area (Å²) in [6.45, 7) is 6.58. The summed E-state index contributed by atoms with van der Waals surface area (Å²) in [5, 5.41) is 3.51. The highest BCUT2D eigenvalue weighted by Crippen LogP contribution is 2.43. The zero-order valence-electron chi connectivity index (χ0n) is 14.0. The number of hydrogen-bond acceptors (Lipinski definition) is 2. The second-order valence-electron chi connectivity index (χ2n) is 6.67. The first-order valence-corrected chi connectivity index (χ1v) is 10.2. The van der Waals surface area contributed by atoms with E-state index in [4.69, 9.17) is 4.99 Å². The van der Waals surface area contributed by atoms with E-state index in [1.165, 1.54) is 76.2 Å². The Morgan fingerprint density at radius 1 is 1.19 bits per heavy atom. The normalized spacial score (nSPS) is 22.0. The largest absolute Gasteiger partial charge is 0.357 e. The van der Waals surface area contributed by atoms with Gasteiger partial charge >= 0.3 is 0 Å². The summed E-state index contributed by atoms with van der Waals surface area (Å²) in [7, 11) is 0. The van der Waals surface area contributed by atoms with Crippen molar-refractivity contribution in [2.45, 2.75) is 58.3 Å². The number of thioether (sulfide) groups is 1. The van der Waals surface area contributed by atoms with Crippen LogP contribution >= 0.6 is 11.8 Å². The quantitative estimate of drug-likeness (QED) is 0.460. The maximum Gasteiger partial charge on any atom is 0.193 e. The predicted octanol–water partition coefficient (Wildman–Crippen LogP) is 3.75. The van der Waals surface area contributed by atoms with Crippen molar-refractivity contribution in [2.24, 2.45) is 10.4 Å². The van der Waals surface area contributed by atoms with Crippen LogP contribution in [0.2, 0.25) is 0 Å². The molecule has 2 fully saturated rings. The first-order chi connectivity index (χ1) is 10.3. The van der Waals surface area contributed by atoms with Crippen LogP contribution in [-0.2, 0) is 0 Å². The van der Waals surface area contributed by atoms with Gasteiger partial charge in [-0.05, 0) is 56.5 Å². The molecule has 0 amide bonds. The van der Waals surface area contributed by atoms with Crippen LogP contribution in [0.15, 0.2) is 4.99 Å². The number of unbranched alkanes of at least 4 members (excludes halogenated alkanes) is 1. The average molecular weight is 312 g/mol. The molecule has 2 rings (SSSR count). The number of rotatable bonds is 6. The third kappa shape index (κ3) is 5.08. The van der Waals surface area contributed by atoms with E-state index >= 15 is 0 Å². The average Bonchev–Trinajstić information content (AvgIpc) is 2.90. The van der Waals surface area contributed by atoms with Crippen molar-refractivity contribution < 1.29 is 0 Å². The summed E-state index contributed by atoms with van der Waals surface area (Å²) in [5.74, 6) is 2.43. The molecule has 122 valence electrons. The van der Waals surface area contributed by atoms with E-state index in [-0.39, 0.29) is 0 Å². The van der Waals surface area contributed by atoms with Gasteiger partial charge in [-0.3, -0.25) is 4.99 Å². The molecule has 0 aromatic heterocycles. The van der Waals surface area contributed by atoms with Crippen LogP contribution < -0.4 is 5.32 Å². The Kier molecular flexibility index (Phi) is 7.21. The molecule has 1 spiro atoms. The fraction of sp³-hybridized carbons (Fsp3) is 0.941. The van der Waals surface area contributed by atoms with E-state index in [0.717, 1.165) is 13.1 Å². The molecule has 4 heteroatoms. The molecule has 3 nitrogen and oxygen atoms in total. The number of aliphatic imine (C=N–C) groups is 1. The topological polar surface area (TPSA) is 27.6 Å². The van der Waals surface area contributed by atoms with Crippen LogP contribution in [0.25, 0.3) is 0 Å². The smallest absolute Gasteiger partial charge is 0.193 e. The summed E-state index contributed by atoms with van der Waals surface area (Å²) in [5.41, 5.74) is 0.618. The van der Waals surface area contributed by atoms with Gasteiger partial charge in [0.15, 0.2) is 5.96 Å². The molecule has 0 aromatic rings. The zero-order valence-corrected chi connectivity index (χ0v) is 14.8. The summed E-state index contributed by atoms with van der Waals surface area (Å²) >= 11 is 1.94. The van der Waals surface area contributed by atoms with Crippen molar-refractivity contribution in [3.63, 3.8) is 0 Å². The second-order valence-corrected chi connectivity index (χ2v) is 7.65. The Morgan fingerprint density at radius 3 is 2.71 bits per heavy atom. The van der Waals surface area contributed by atoms with Gasteiger partial charge in [-0.1, -0.05) is 19.3 Å². The Morgan fingerprint density at radius 2 is 2.00 bits per heavy atom. The van der Waals surface area contributed by atoms with Crippen LogP contribution in [0.4, 0.5) is 0 Å². The van der Waals surface area contributed by atoms with E-state index in [2.05, 4.69) is 23.4 Å². The molecule has 1 saturated carbocycles. The van der Waals surface area contributed by atoms with E-state index in [0.29, 0.717) is 5.41 Å². The molecule has 0 radical (unpaired) electrons. The Hall–Kier alpha value is -0.380. The molecule has 0 unspecified atom stereocenters. The van der Waals surface area contributed by atoms with E-state index in [9.17, 15) is 0 Å². The van der Waals surface area contributed by atoms with Gasteiger partial charge in [0, 0.05) is 26.2 Å². The molecule has 0 bridgehead atoms. The Bertz CT molecular complexity index is 324. The van der Waals surface area contributed by atoms with Crippen LogP contribution in [0.3, 0.4) is 0 Å². The van der Waals surface area contributed by atoms with Gasteiger partial charge in [0.05, 0.1) is 0 Å². The number of hydrogen-bond donors (Lipinski definition) is 1. The minimum Gasteiger partial charge on any atom is -0.357 e. The third-order valence-corrected chi connectivity index (χ3v) is 5.70. The van der Waals surface area contributed by atoms with E-state index < -0.39 is 0 Å². The Labute approximate surface area is 135 Å². The molecule has 1 aliphatic heterocycles. The lowest BCUT2D eigenvalue weighted by atomic mass is 9.73. The highest BCUT2D eigenvalue weighted by molar-refractivity contribution is 7.98. The van der Waals surface area contributed by atoms with Crippen LogP contribution in [0.1, 0.15) is 58.3 Å². The number of likely N-dealkylation sites (tertiary alicyclic amines) is 1. The lowest BCUT2D eigenvalue weighted by molar-refractivity contribution is 0.203. The molecule has 21 heavy (non-hydrogen) atoms. The maximum absolute atomic E-state index is 4.87. The summed E-state index contributed by atoms with van der Waals surface area (Å²) in [4.78, 5) is 7.40. The summed E-state index contributed by atoms with van der Waals surface area (Å²) in [6, 6.07) is 0. The van der Waals surface area contributed by atoms with Gasteiger partial charge in [-0.2, -0.15) is 11.8 Å². The summed E-state index contributed by atoms with van der Waals surface area (Å²) < 4.78 is 0. The van der Waals surface area contributed by atoms with Crippen molar-refractivity contribution >= 4 is 17.7 Å². The highest BCUT2D eigenvalue weighted by atomic mass is 32.2. The number of nitrogens with zero attached hydrogens (tertiary/aromatic N) is 2. The Balaban J connectivity index is 1.84. The molecular formula is C17H33N3S. The first-order valence-electron chi connectivity index (χ1n) is 8.82. The molecule has 1 N–H and O–H groups in total. The predicted molar refractivity (Wildman–Crippen MR) is 95.3 cm³/mol. The minimum absolute atomic E-state index is 0.618. The van der Waals surface area contributed by atoms with Gasteiger partial charge in [0.2, 0.25) is 0 Å². The lowest BCUT2D eigenvalue weighted by Gasteiger charge is -2.33. The van der Waals surface area contributed by atoms with Gasteiger partial charge in [-0.15, -0.1) is 0 Å². The van der Waals surface area contributed by atoms with Gasteiger partial charge in [0.1, 0.15) is 0 Å². The van der Waals surface area contributed by atoms with Gasteiger partial charge in [0.25, 0.3) is 0 Å². The summed E-state index contributed by atoms with van der Waals surface area (Å²) in [6.07, 6.45) is 13.3. The molecule has 2 aliphatic rings. The second kappa shape index (κ2) is 8.92. The standard InChI is InChI=1S/C17H33N3S/c1-3-18-16(19-12-7-8-14-21-2)20-13-11-17(15-20)9-5-4-6-10-17/h3-15H2,1-2H3,(H,18,19). The van der Waals surface area contributed by atoms with Crippen LogP contribution in [-0.4, -0.2) is 49.0 Å². The van der Waals surface area contributed by atoms with Crippen LogP contribution in [0, 0.1) is 5.41 Å². The molecule has 1 saturated heterocycles. The zero-order chi connectivity index (χ0) is 15.0. The monoisotopic (exact) mass is 311 g/mol. The fourth-order valence-electron chi connectivity index (χ4n) is 3.79. The molecule has 0 aromatic carbocycles. The molecular weight excluding hydrogens is 278 g/mol. The van der Waals surface area contributed by atoms with E-state index in [1.807, 2.05) is 11.8 Å². The van der Waals surface area contributed by atoms with Crippen molar-refractivity contribution in [3.8, 4) is 0 Å². The van der Waals surface area contributed by atoms with Crippen molar-refractivity contribution in [3.05, 3.63) is 0 Å². The van der Waals surface area contributed by atoms with Crippen molar-refractivity contribution in [1.29, 1.82) is 0 Å². The molecule has 1 heterocycles. The fourth-order valence-corrected chi connectivity index (χ4v) is 4.29. The number of guanidine groups is 1. The minimum atomic E-state index is 0.618. The van der Waals surface area contributed by atoms with Crippen molar-refractivity contribution in [2.75, 3.05) is 38.2 Å². The third-order valence-electron chi connectivity index (χ3n) is 5.01. The lowest BCUT2D eigenvalue weighted by Crippen LogP contribution is -2.41. The first kappa shape index (κ1) is 17.0. The van der Waals surface area contributed by atoms with Gasteiger partial charge < -0.3 is 10.2 Å². The maximum atomic E-state index is 4.87. The molecule has 0 atom stereocenters. The van der Waals surface area contributed by atoms with Crippen LogP contribution in [0.5, 0.6) is 0 Å².